The lowest BCUT2D eigenvalue weighted by atomic mass is 10.00. The van der Waals surface area contributed by atoms with Crippen LogP contribution in [0.3, 0.4) is 0 Å². The molecule has 14 N–H and O–H groups in total. The number of esters is 1. The van der Waals surface area contributed by atoms with Gasteiger partial charge in [0.2, 0.25) is 47.5 Å². The average molecular weight is 903 g/mol. The fourth-order valence-corrected chi connectivity index (χ4v) is 6.80. The molecule has 1 aliphatic rings. The van der Waals surface area contributed by atoms with Crippen LogP contribution in [0, 0.1) is 17.8 Å². The SMILES string of the molecule is CC(C)C[C@@H]1NC(=O)[C@@H](C)NC(=O)[C@@H](NC(=O)[C@H](CO)NC(=O)[C@@H](CCCCN)NC(=O)[C@@H](CC(C)C)NC(=O)[C@H](N)Cc2ccccc2)[C@H](C(N)=O)OC(=O)[C@@H](CC(C)C)NC1=O. The van der Waals surface area contributed by atoms with E-state index in [1.807, 2.05) is 45.9 Å². The van der Waals surface area contributed by atoms with Crippen molar-refractivity contribution in [2.24, 2.45) is 35.0 Å². The minimum atomic E-state index is -2.22. The third-order valence-corrected chi connectivity index (χ3v) is 10.2. The summed E-state index contributed by atoms with van der Waals surface area (Å²) in [6, 6.07) is -2.23. The number of nitrogens with two attached hydrogens (primary N) is 3. The third-order valence-electron chi connectivity index (χ3n) is 10.2. The van der Waals surface area contributed by atoms with Crippen LogP contribution < -0.4 is 54.4 Å². The number of amides is 8. The number of aliphatic hydroxyl groups excluding tert-OH is 1. The predicted molar refractivity (Wildman–Crippen MR) is 235 cm³/mol. The van der Waals surface area contributed by atoms with E-state index >= 15 is 0 Å². The van der Waals surface area contributed by atoms with Gasteiger partial charge in [-0.25, -0.2) is 4.79 Å². The Morgan fingerprint density at radius 1 is 0.719 bits per heavy atom. The van der Waals surface area contributed by atoms with E-state index in [1.54, 1.807) is 26.0 Å². The van der Waals surface area contributed by atoms with Gasteiger partial charge in [0.1, 0.15) is 36.3 Å². The standard InChI is InChI=1S/C43H70N10O11/c1-22(2)17-29-40(60)51-31(19-24(5)6)43(63)64-34(35(46)55)33(42(62)47-25(7)36(56)49-29)53-41(61)32(21-54)52-38(58)28(15-11-12-16-44)48-39(59)30(18-23(3)4)50-37(57)27(45)20-26-13-9-8-10-14-26/h8-10,13-14,22-25,27-34,54H,11-12,15-21,44-45H2,1-7H3,(H2,46,55)(H,47,62)(H,48,59)(H,49,56)(H,50,57)(H,51,60)(H,52,58)(H,53,61)/t25-,27-,28-,29+,30-,31-,32+,33+,34-/m1/s1. The van der Waals surface area contributed by atoms with E-state index in [9.17, 15) is 48.3 Å². The summed E-state index contributed by atoms with van der Waals surface area (Å²) in [7, 11) is 0. The molecule has 64 heavy (non-hydrogen) atoms. The number of primary amides is 1. The van der Waals surface area contributed by atoms with Gasteiger partial charge in [-0.1, -0.05) is 71.9 Å². The fraction of sp³-hybridized carbons (Fsp3) is 0.651. The Morgan fingerprint density at radius 2 is 1.28 bits per heavy atom. The summed E-state index contributed by atoms with van der Waals surface area (Å²) in [5.41, 5.74) is 18.3. The van der Waals surface area contributed by atoms with Crippen molar-refractivity contribution in [3.8, 4) is 0 Å². The van der Waals surface area contributed by atoms with Crippen LogP contribution in [0.25, 0.3) is 0 Å². The zero-order valence-corrected chi connectivity index (χ0v) is 37.9. The largest absolute Gasteiger partial charge is 0.448 e. The van der Waals surface area contributed by atoms with E-state index in [2.05, 4.69) is 37.2 Å². The molecule has 21 nitrogen and oxygen atoms in total. The van der Waals surface area contributed by atoms with E-state index in [-0.39, 0.29) is 56.4 Å². The third kappa shape index (κ3) is 18.2. The second-order valence-electron chi connectivity index (χ2n) is 17.4. The molecule has 0 radical (unpaired) electrons. The van der Waals surface area contributed by atoms with Crippen molar-refractivity contribution < 1.29 is 53.0 Å². The normalized spacial score (nSPS) is 21.6. The molecule has 8 amide bonds. The zero-order valence-electron chi connectivity index (χ0n) is 37.9. The Hall–Kier alpha value is -5.67. The van der Waals surface area contributed by atoms with Gasteiger partial charge < -0.3 is 64.3 Å². The summed E-state index contributed by atoms with van der Waals surface area (Å²) < 4.78 is 5.45. The van der Waals surface area contributed by atoms with Gasteiger partial charge in [0.05, 0.1) is 12.6 Å². The molecular formula is C43H70N10O11. The van der Waals surface area contributed by atoms with Crippen molar-refractivity contribution in [1.82, 2.24) is 37.2 Å². The predicted octanol–water partition coefficient (Wildman–Crippen LogP) is -2.36. The molecule has 1 heterocycles. The van der Waals surface area contributed by atoms with E-state index < -0.39 is 114 Å². The van der Waals surface area contributed by atoms with Crippen LogP contribution in [-0.2, 0) is 54.3 Å². The molecule has 1 aromatic rings. The van der Waals surface area contributed by atoms with Crippen molar-refractivity contribution in [3.05, 3.63) is 35.9 Å². The smallest absolute Gasteiger partial charge is 0.329 e. The number of nitrogens with one attached hydrogen (secondary N) is 7. The highest BCUT2D eigenvalue weighted by Gasteiger charge is 2.42. The summed E-state index contributed by atoms with van der Waals surface area (Å²) >= 11 is 0. The molecular weight excluding hydrogens is 833 g/mol. The Kier molecular flexibility index (Phi) is 22.8. The molecule has 0 saturated carbocycles. The minimum Gasteiger partial charge on any atom is -0.448 e. The summed E-state index contributed by atoms with van der Waals surface area (Å²) in [5.74, 6) is -9.23. The number of ether oxygens (including phenoxy) is 1. The van der Waals surface area contributed by atoms with Gasteiger partial charge in [0.25, 0.3) is 5.91 Å². The number of aliphatic hydroxyl groups is 1. The van der Waals surface area contributed by atoms with Gasteiger partial charge >= 0.3 is 5.97 Å². The number of unbranched alkanes of at least 4 members (excludes halogenated alkanes) is 1. The van der Waals surface area contributed by atoms with E-state index in [4.69, 9.17) is 21.9 Å². The Labute approximate surface area is 374 Å². The first-order chi connectivity index (χ1) is 30.1. The van der Waals surface area contributed by atoms with Gasteiger partial charge in [-0.05, 0) is 81.7 Å². The van der Waals surface area contributed by atoms with Gasteiger partial charge in [-0.15, -0.1) is 0 Å². The molecule has 0 aromatic heterocycles. The van der Waals surface area contributed by atoms with Crippen LogP contribution in [0.4, 0.5) is 0 Å². The van der Waals surface area contributed by atoms with Crippen molar-refractivity contribution >= 4 is 53.2 Å². The maximum atomic E-state index is 13.9. The van der Waals surface area contributed by atoms with Crippen molar-refractivity contribution in [2.75, 3.05) is 13.2 Å². The Balaban J connectivity index is 2.42. The minimum absolute atomic E-state index is 0.00596. The number of hydrogen-bond acceptors (Lipinski definition) is 13. The number of rotatable bonds is 22. The Bertz CT molecular complexity index is 1760. The lowest BCUT2D eigenvalue weighted by Gasteiger charge is -2.29. The quantitative estimate of drug-likeness (QED) is 0.0429. The van der Waals surface area contributed by atoms with Crippen LogP contribution in [0.1, 0.15) is 92.6 Å². The van der Waals surface area contributed by atoms with Gasteiger partial charge in [-0.2, -0.15) is 0 Å². The lowest BCUT2D eigenvalue weighted by Crippen LogP contribution is -2.64. The van der Waals surface area contributed by atoms with Crippen molar-refractivity contribution in [2.45, 2.75) is 148 Å². The highest BCUT2D eigenvalue weighted by Crippen LogP contribution is 2.14. The molecule has 1 fully saturated rings. The van der Waals surface area contributed by atoms with Crippen molar-refractivity contribution in [1.29, 1.82) is 0 Å². The molecule has 358 valence electrons. The topological polar surface area (TPSA) is 345 Å². The molecule has 0 spiro atoms. The number of carbonyl (C=O) groups excluding carboxylic acids is 9. The zero-order chi connectivity index (χ0) is 48.3. The second kappa shape index (κ2) is 26.8. The monoisotopic (exact) mass is 903 g/mol. The van der Waals surface area contributed by atoms with Crippen LogP contribution in [0.5, 0.6) is 0 Å². The van der Waals surface area contributed by atoms with Crippen LogP contribution in [-0.4, -0.2) is 126 Å². The number of hydrogen-bond donors (Lipinski definition) is 11. The molecule has 21 heteroatoms. The molecule has 0 unspecified atom stereocenters. The molecule has 1 aromatic carbocycles. The van der Waals surface area contributed by atoms with E-state index in [1.165, 1.54) is 6.92 Å². The first-order valence-corrected chi connectivity index (χ1v) is 21.8. The van der Waals surface area contributed by atoms with Gasteiger partial charge in [-0.3, -0.25) is 38.4 Å². The summed E-state index contributed by atoms with van der Waals surface area (Å²) in [4.78, 5) is 122. The highest BCUT2D eigenvalue weighted by atomic mass is 16.6. The maximum Gasteiger partial charge on any atom is 0.329 e. The summed E-state index contributed by atoms with van der Waals surface area (Å²) in [6.45, 7) is 11.3. The van der Waals surface area contributed by atoms with Gasteiger partial charge in [0, 0.05) is 0 Å². The number of benzene rings is 1. The van der Waals surface area contributed by atoms with Crippen LogP contribution >= 0.6 is 0 Å². The maximum absolute atomic E-state index is 13.9. The molecule has 1 aliphatic heterocycles. The second-order valence-corrected chi connectivity index (χ2v) is 17.4. The Morgan fingerprint density at radius 3 is 1.84 bits per heavy atom. The number of carbonyl (C=O) groups is 9. The van der Waals surface area contributed by atoms with Crippen LogP contribution in [0.2, 0.25) is 0 Å². The summed E-state index contributed by atoms with van der Waals surface area (Å²) in [5, 5.41) is 27.7. The van der Waals surface area contributed by atoms with Crippen molar-refractivity contribution in [3.63, 3.8) is 0 Å². The summed E-state index contributed by atoms with van der Waals surface area (Å²) in [6.07, 6.45) is -0.880. The first-order valence-electron chi connectivity index (χ1n) is 21.8. The highest BCUT2D eigenvalue weighted by molar-refractivity contribution is 6.00. The van der Waals surface area contributed by atoms with E-state index in [0.717, 1.165) is 5.56 Å². The van der Waals surface area contributed by atoms with Gasteiger partial charge in [0.15, 0.2) is 6.04 Å². The average Bonchev–Trinajstić information content (AvgIpc) is 3.22. The molecule has 1 saturated heterocycles. The molecule has 0 aliphatic carbocycles. The fourth-order valence-electron chi connectivity index (χ4n) is 6.80. The molecule has 2 rings (SSSR count). The molecule has 9 atom stereocenters. The molecule has 0 bridgehead atoms. The van der Waals surface area contributed by atoms with Crippen LogP contribution in [0.15, 0.2) is 30.3 Å². The first kappa shape index (κ1) is 54.5. The lowest BCUT2D eigenvalue weighted by molar-refractivity contribution is -0.162. The number of cyclic esters (lactones) is 1. The van der Waals surface area contributed by atoms with E-state index in [0.29, 0.717) is 12.8 Å².